The first kappa shape index (κ1) is 32.7. The lowest BCUT2D eigenvalue weighted by Crippen LogP contribution is -2.50. The van der Waals surface area contributed by atoms with Crippen LogP contribution in [0.2, 0.25) is 5.02 Å². The van der Waals surface area contributed by atoms with E-state index >= 15 is 0 Å². The Labute approximate surface area is 232 Å². The van der Waals surface area contributed by atoms with E-state index in [0.29, 0.717) is 13.2 Å². The van der Waals surface area contributed by atoms with E-state index in [1.807, 2.05) is 66.4 Å². The number of carbonyl (C=O) groups is 3. The number of carbonyl (C=O) groups excluding carboxylic acids is 3. The number of piperazine rings is 1. The van der Waals surface area contributed by atoms with Crippen LogP contribution >= 0.6 is 11.6 Å². The molecule has 2 aromatic rings. The van der Waals surface area contributed by atoms with Gasteiger partial charge in [-0.1, -0.05) is 81.4 Å². The van der Waals surface area contributed by atoms with Gasteiger partial charge in [-0.3, -0.25) is 14.4 Å². The van der Waals surface area contributed by atoms with E-state index < -0.39 is 0 Å². The lowest BCUT2D eigenvalue weighted by Gasteiger charge is -2.37. The minimum Gasteiger partial charge on any atom is -0.461 e. The summed E-state index contributed by atoms with van der Waals surface area (Å²) in [6.07, 6.45) is 3.91. The molecule has 8 heteroatoms. The molecule has 0 aromatic heterocycles. The third kappa shape index (κ3) is 11.8. The molecule has 1 aliphatic rings. The Hall–Kier alpha value is -3.32. The summed E-state index contributed by atoms with van der Waals surface area (Å²) >= 11 is 6.26. The van der Waals surface area contributed by atoms with Crippen molar-refractivity contribution in [2.45, 2.75) is 47.1 Å². The van der Waals surface area contributed by atoms with Crippen molar-refractivity contribution in [3.63, 3.8) is 0 Å². The first-order valence-corrected chi connectivity index (χ1v) is 13.1. The number of nitrogens with one attached hydrogen (secondary N) is 1. The molecule has 38 heavy (non-hydrogen) atoms. The summed E-state index contributed by atoms with van der Waals surface area (Å²) in [6, 6.07) is 17.4. The molecular formula is C30H42ClN3O4. The zero-order valence-corrected chi connectivity index (χ0v) is 22.6. The molecule has 1 aliphatic heterocycles. The normalized spacial score (nSPS) is 13.2. The first-order valence-electron chi connectivity index (χ1n) is 12.7. The Morgan fingerprint density at radius 1 is 1.03 bits per heavy atom. The second-order valence-corrected chi connectivity index (χ2v) is 9.33. The maximum Gasteiger partial charge on any atom is 0.302 e. The SMILES string of the molecule is C.C=CC(=O)NCCCC[C@H](C)C(=O)N1CCN(c2ccccc2Cl)CC1.CC(=O)OCc1ccccc1. The number of benzene rings is 2. The minimum atomic E-state index is -0.242. The number of anilines is 1. The number of hydrogen-bond donors (Lipinski definition) is 1. The molecule has 0 bridgehead atoms. The van der Waals surface area contributed by atoms with Crippen molar-refractivity contribution in [3.05, 3.63) is 77.8 Å². The Morgan fingerprint density at radius 3 is 2.26 bits per heavy atom. The summed E-state index contributed by atoms with van der Waals surface area (Å²) in [7, 11) is 0. The third-order valence-corrected chi connectivity index (χ3v) is 6.36. The average molecular weight is 544 g/mol. The van der Waals surface area contributed by atoms with Crippen molar-refractivity contribution >= 4 is 35.1 Å². The predicted molar refractivity (Wildman–Crippen MR) is 155 cm³/mol. The molecule has 0 saturated carbocycles. The van der Waals surface area contributed by atoms with Crippen LogP contribution in [0.25, 0.3) is 0 Å². The van der Waals surface area contributed by atoms with Crippen LogP contribution in [0.15, 0.2) is 67.3 Å². The van der Waals surface area contributed by atoms with Gasteiger partial charge in [0.15, 0.2) is 0 Å². The lowest BCUT2D eigenvalue weighted by molar-refractivity contribution is -0.142. The number of hydrogen-bond acceptors (Lipinski definition) is 5. The van der Waals surface area contributed by atoms with Crippen molar-refractivity contribution in [2.24, 2.45) is 5.92 Å². The molecule has 0 aliphatic carbocycles. The fourth-order valence-electron chi connectivity index (χ4n) is 3.93. The van der Waals surface area contributed by atoms with Crippen LogP contribution in [0.4, 0.5) is 5.69 Å². The van der Waals surface area contributed by atoms with Crippen LogP contribution in [0.3, 0.4) is 0 Å². The van der Waals surface area contributed by atoms with Gasteiger partial charge in [-0.05, 0) is 36.6 Å². The van der Waals surface area contributed by atoms with Gasteiger partial charge in [0.2, 0.25) is 11.8 Å². The van der Waals surface area contributed by atoms with Crippen molar-refractivity contribution in [1.82, 2.24) is 10.2 Å². The smallest absolute Gasteiger partial charge is 0.302 e. The van der Waals surface area contributed by atoms with E-state index in [4.69, 9.17) is 16.3 Å². The summed E-state index contributed by atoms with van der Waals surface area (Å²) in [6.45, 7) is 10.9. The number of rotatable bonds is 10. The van der Waals surface area contributed by atoms with E-state index in [0.717, 1.165) is 61.7 Å². The molecule has 1 fully saturated rings. The molecule has 1 saturated heterocycles. The van der Waals surface area contributed by atoms with Gasteiger partial charge in [0.1, 0.15) is 6.61 Å². The zero-order chi connectivity index (χ0) is 27.0. The maximum atomic E-state index is 12.6. The largest absolute Gasteiger partial charge is 0.461 e. The molecule has 0 radical (unpaired) electrons. The van der Waals surface area contributed by atoms with E-state index in [-0.39, 0.29) is 31.1 Å². The number of ether oxygens (including phenoxy) is 1. The summed E-state index contributed by atoms with van der Waals surface area (Å²) < 4.78 is 4.79. The fraction of sp³-hybridized carbons (Fsp3) is 0.433. The molecule has 1 N–H and O–H groups in total. The highest BCUT2D eigenvalue weighted by atomic mass is 35.5. The molecule has 3 rings (SSSR count). The Bertz CT molecular complexity index is 1010. The molecule has 0 unspecified atom stereocenters. The van der Waals surface area contributed by atoms with Crippen molar-refractivity contribution < 1.29 is 19.1 Å². The molecule has 1 heterocycles. The molecule has 208 valence electrons. The van der Waals surface area contributed by atoms with Gasteiger partial charge >= 0.3 is 5.97 Å². The van der Waals surface area contributed by atoms with Crippen molar-refractivity contribution in [2.75, 3.05) is 37.6 Å². The van der Waals surface area contributed by atoms with Crippen LogP contribution in [0.5, 0.6) is 0 Å². The highest BCUT2D eigenvalue weighted by Crippen LogP contribution is 2.26. The summed E-state index contributed by atoms with van der Waals surface area (Å²) in [5, 5.41) is 3.51. The van der Waals surface area contributed by atoms with E-state index in [9.17, 15) is 14.4 Å². The van der Waals surface area contributed by atoms with Gasteiger partial charge in [0.05, 0.1) is 10.7 Å². The van der Waals surface area contributed by atoms with Crippen LogP contribution < -0.4 is 10.2 Å². The number of unbranched alkanes of at least 4 members (excludes halogenated alkanes) is 1. The van der Waals surface area contributed by atoms with E-state index in [2.05, 4.69) is 16.8 Å². The fourth-order valence-corrected chi connectivity index (χ4v) is 4.18. The maximum absolute atomic E-state index is 12.6. The lowest BCUT2D eigenvalue weighted by atomic mass is 10.0. The van der Waals surface area contributed by atoms with Crippen molar-refractivity contribution in [3.8, 4) is 0 Å². The quantitative estimate of drug-likeness (QED) is 0.244. The van der Waals surface area contributed by atoms with Gasteiger partial charge in [0.25, 0.3) is 0 Å². The molecule has 7 nitrogen and oxygen atoms in total. The van der Waals surface area contributed by atoms with Crippen LogP contribution in [-0.4, -0.2) is 55.4 Å². The van der Waals surface area contributed by atoms with E-state index in [1.54, 1.807) is 0 Å². The van der Waals surface area contributed by atoms with Gasteiger partial charge < -0.3 is 19.9 Å². The number of para-hydroxylation sites is 1. The third-order valence-electron chi connectivity index (χ3n) is 6.04. The topological polar surface area (TPSA) is 79.0 Å². The van der Waals surface area contributed by atoms with Gasteiger partial charge in [-0.2, -0.15) is 0 Å². The molecule has 2 aromatic carbocycles. The average Bonchev–Trinajstić information content (AvgIpc) is 2.92. The monoisotopic (exact) mass is 543 g/mol. The Balaban J connectivity index is 0.000000505. The summed E-state index contributed by atoms with van der Waals surface area (Å²) in [4.78, 5) is 38.3. The highest BCUT2D eigenvalue weighted by Gasteiger charge is 2.25. The van der Waals surface area contributed by atoms with Crippen LogP contribution in [-0.2, 0) is 25.7 Å². The summed E-state index contributed by atoms with van der Waals surface area (Å²) in [5.74, 6) is -0.157. The molecule has 2 amide bonds. The van der Waals surface area contributed by atoms with Crippen LogP contribution in [0, 0.1) is 5.92 Å². The van der Waals surface area contributed by atoms with Crippen molar-refractivity contribution in [1.29, 1.82) is 0 Å². The summed E-state index contributed by atoms with van der Waals surface area (Å²) in [5.41, 5.74) is 2.05. The second-order valence-electron chi connectivity index (χ2n) is 8.92. The molecule has 0 spiro atoms. The number of amides is 2. The highest BCUT2D eigenvalue weighted by molar-refractivity contribution is 6.33. The molecular weight excluding hydrogens is 502 g/mol. The van der Waals surface area contributed by atoms with Gasteiger partial charge in [-0.15, -0.1) is 0 Å². The van der Waals surface area contributed by atoms with Crippen LogP contribution in [0.1, 0.15) is 46.1 Å². The number of esters is 1. The standard InChI is InChI=1S/C20H28ClN3O2.C9H10O2.CH4/c1-3-19(25)22-11-7-6-8-16(2)20(26)24-14-12-23(13-15-24)18-10-5-4-9-17(18)21;1-8(10)11-7-9-5-3-2-4-6-9;/h3-5,9-10,16H,1,6-8,11-15H2,2H3,(H,22,25);2-6H,7H2,1H3;1H4/t16-;;/m0../s1. The minimum absolute atomic E-state index is 0. The van der Waals surface area contributed by atoms with Gasteiger partial charge in [-0.25, -0.2) is 0 Å². The Morgan fingerprint density at radius 2 is 1.66 bits per heavy atom. The second kappa shape index (κ2) is 18.0. The van der Waals surface area contributed by atoms with Gasteiger partial charge in [0, 0.05) is 45.6 Å². The number of halogens is 1. The zero-order valence-electron chi connectivity index (χ0n) is 21.8. The molecule has 1 atom stereocenters. The predicted octanol–water partition coefficient (Wildman–Crippen LogP) is 5.48. The first-order chi connectivity index (χ1) is 17.8. The van der Waals surface area contributed by atoms with E-state index in [1.165, 1.54) is 13.0 Å². The Kier molecular flexibility index (Phi) is 15.5. The number of nitrogens with zero attached hydrogens (tertiary/aromatic N) is 2.